The number of amides is 1. The van der Waals surface area contributed by atoms with Gasteiger partial charge in [-0.1, -0.05) is 30.3 Å². The third-order valence-electron chi connectivity index (χ3n) is 5.95. The van der Waals surface area contributed by atoms with Crippen LogP contribution in [0.5, 0.6) is 5.75 Å². The first-order valence-corrected chi connectivity index (χ1v) is 10.1. The summed E-state index contributed by atoms with van der Waals surface area (Å²) in [7, 11) is 0. The van der Waals surface area contributed by atoms with Crippen LogP contribution in [0.2, 0.25) is 0 Å². The number of nitrogens with zero attached hydrogens (tertiary/aromatic N) is 3. The summed E-state index contributed by atoms with van der Waals surface area (Å²) in [5.74, 6) is 0.573. The minimum Gasteiger partial charge on any atom is -0.508 e. The normalized spacial score (nSPS) is 21.1. The molecule has 7 nitrogen and oxygen atoms in total. The molecule has 3 aromatic rings. The molecule has 30 heavy (non-hydrogen) atoms. The van der Waals surface area contributed by atoms with E-state index >= 15 is 0 Å². The van der Waals surface area contributed by atoms with Crippen LogP contribution in [0.4, 0.5) is 0 Å². The predicted octanol–water partition coefficient (Wildman–Crippen LogP) is 2.79. The molecule has 2 heterocycles. The van der Waals surface area contributed by atoms with E-state index in [1.165, 1.54) is 0 Å². The van der Waals surface area contributed by atoms with Gasteiger partial charge in [0.2, 0.25) is 0 Å². The number of aromatic hydroxyl groups is 1. The maximum absolute atomic E-state index is 13.6. The van der Waals surface area contributed by atoms with Crippen molar-refractivity contribution < 1.29 is 9.90 Å². The Morgan fingerprint density at radius 3 is 2.63 bits per heavy atom. The van der Waals surface area contributed by atoms with Crippen LogP contribution >= 0.6 is 0 Å². The fourth-order valence-electron chi connectivity index (χ4n) is 4.28. The number of imidazole rings is 1. The molecule has 152 valence electrons. The number of aliphatic imine (C=N–C) groups is 1. The van der Waals surface area contributed by atoms with Crippen molar-refractivity contribution in [2.75, 3.05) is 6.54 Å². The van der Waals surface area contributed by atoms with Gasteiger partial charge in [-0.05, 0) is 53.6 Å². The van der Waals surface area contributed by atoms with Crippen LogP contribution in [-0.2, 0) is 16.8 Å². The van der Waals surface area contributed by atoms with Crippen LogP contribution in [0.3, 0.4) is 0 Å². The third kappa shape index (κ3) is 3.03. The van der Waals surface area contributed by atoms with Gasteiger partial charge >= 0.3 is 0 Å². The van der Waals surface area contributed by atoms with Crippen molar-refractivity contribution in [3.63, 3.8) is 0 Å². The maximum atomic E-state index is 13.6. The number of H-pyrrole nitrogens is 1. The van der Waals surface area contributed by atoms with E-state index < -0.39 is 5.54 Å². The molecule has 0 radical (unpaired) electrons. The molecular formula is C23H23N5O2. The molecule has 1 unspecified atom stereocenters. The first-order chi connectivity index (χ1) is 14.6. The second-order valence-corrected chi connectivity index (χ2v) is 7.93. The number of nitrogens with two attached hydrogens (primary N) is 1. The third-order valence-corrected chi connectivity index (χ3v) is 5.95. The minimum absolute atomic E-state index is 0.0601. The van der Waals surface area contributed by atoms with Gasteiger partial charge in [-0.3, -0.25) is 9.69 Å². The van der Waals surface area contributed by atoms with Crippen molar-refractivity contribution in [1.29, 1.82) is 0 Å². The largest absolute Gasteiger partial charge is 0.508 e. The molecule has 5 rings (SSSR count). The van der Waals surface area contributed by atoms with Gasteiger partial charge in [0.15, 0.2) is 11.5 Å². The van der Waals surface area contributed by atoms with Gasteiger partial charge in [-0.2, -0.15) is 0 Å². The Morgan fingerprint density at radius 2 is 1.93 bits per heavy atom. The average molecular weight is 401 g/mol. The monoisotopic (exact) mass is 401 g/mol. The number of rotatable bonds is 6. The highest BCUT2D eigenvalue weighted by atomic mass is 16.3. The molecule has 1 saturated carbocycles. The van der Waals surface area contributed by atoms with Gasteiger partial charge in [0, 0.05) is 24.9 Å². The number of guanidine groups is 1. The summed E-state index contributed by atoms with van der Waals surface area (Å²) >= 11 is 0. The Hall–Kier alpha value is -3.61. The van der Waals surface area contributed by atoms with Gasteiger partial charge in [0.25, 0.3) is 5.91 Å². The van der Waals surface area contributed by atoms with Gasteiger partial charge < -0.3 is 15.8 Å². The van der Waals surface area contributed by atoms with Crippen molar-refractivity contribution in [3.05, 3.63) is 72.3 Å². The standard InChI is InChI=1S/C23H23N5O2/c24-22-27-23(17-7-8-17,21(30)28(22)10-9-19-13-25-14-26-19)18-5-1-3-15(11-18)16-4-2-6-20(29)12-16/h1-6,11-14,17,29H,7-10H2,(H2,24,27)(H,25,26). The Kier molecular flexibility index (Phi) is 4.31. The van der Waals surface area contributed by atoms with Crippen LogP contribution in [-0.4, -0.2) is 38.4 Å². The SMILES string of the molecule is NC1=NC(c2cccc(-c3cccc(O)c3)c2)(C2CC2)C(=O)N1CCc1cnc[nH]1. The number of phenols is 1. The quantitative estimate of drug-likeness (QED) is 0.590. The molecule has 0 saturated heterocycles. The number of carbonyl (C=O) groups excluding carboxylic acids is 1. The molecule has 1 aromatic heterocycles. The molecule has 1 aliphatic heterocycles. The minimum atomic E-state index is -0.967. The molecule has 2 aliphatic rings. The van der Waals surface area contributed by atoms with E-state index in [1.807, 2.05) is 36.4 Å². The molecule has 2 aromatic carbocycles. The summed E-state index contributed by atoms with van der Waals surface area (Å²) in [5, 5.41) is 9.85. The molecule has 1 atom stereocenters. The Labute approximate surface area is 174 Å². The van der Waals surface area contributed by atoms with E-state index in [2.05, 4.69) is 9.97 Å². The summed E-state index contributed by atoms with van der Waals surface area (Å²) < 4.78 is 0. The molecule has 1 fully saturated rings. The number of phenolic OH excluding ortho intramolecular Hbond substituents is 1. The highest BCUT2D eigenvalue weighted by molar-refractivity contribution is 6.07. The van der Waals surface area contributed by atoms with Crippen molar-refractivity contribution in [2.45, 2.75) is 24.8 Å². The molecule has 1 aliphatic carbocycles. The van der Waals surface area contributed by atoms with E-state index in [1.54, 1.807) is 29.6 Å². The maximum Gasteiger partial charge on any atom is 0.262 e. The van der Waals surface area contributed by atoms with E-state index in [-0.39, 0.29) is 23.5 Å². The number of hydrogen-bond donors (Lipinski definition) is 3. The highest BCUT2D eigenvalue weighted by Crippen LogP contribution is 2.52. The second kappa shape index (κ2) is 7.02. The summed E-state index contributed by atoms with van der Waals surface area (Å²) in [6, 6.07) is 15.0. The highest BCUT2D eigenvalue weighted by Gasteiger charge is 2.57. The lowest BCUT2D eigenvalue weighted by molar-refractivity contribution is -0.132. The Balaban J connectivity index is 1.50. The summed E-state index contributed by atoms with van der Waals surface area (Å²) in [6.07, 6.45) is 5.91. The molecular weight excluding hydrogens is 378 g/mol. The van der Waals surface area contributed by atoms with Gasteiger partial charge in [-0.15, -0.1) is 0 Å². The molecule has 0 bridgehead atoms. The molecule has 1 amide bonds. The van der Waals surface area contributed by atoms with Crippen molar-refractivity contribution in [1.82, 2.24) is 14.9 Å². The van der Waals surface area contributed by atoms with Crippen LogP contribution in [0, 0.1) is 5.92 Å². The van der Waals surface area contributed by atoms with Crippen LogP contribution < -0.4 is 5.73 Å². The fraction of sp³-hybridized carbons (Fsp3) is 0.261. The number of aromatic nitrogens is 2. The zero-order valence-electron chi connectivity index (χ0n) is 16.5. The van der Waals surface area contributed by atoms with E-state index in [4.69, 9.17) is 10.7 Å². The van der Waals surface area contributed by atoms with E-state index in [9.17, 15) is 9.90 Å². The van der Waals surface area contributed by atoms with Crippen LogP contribution in [0.1, 0.15) is 24.1 Å². The first-order valence-electron chi connectivity index (χ1n) is 10.1. The molecule has 4 N–H and O–H groups in total. The summed E-state index contributed by atoms with van der Waals surface area (Å²) in [4.78, 5) is 27.1. The zero-order chi connectivity index (χ0) is 20.7. The lowest BCUT2D eigenvalue weighted by Gasteiger charge is -2.27. The van der Waals surface area contributed by atoms with Gasteiger partial charge in [0.05, 0.1) is 6.33 Å². The average Bonchev–Trinajstić information content (AvgIpc) is 3.41. The molecule has 7 heteroatoms. The number of hydrogen-bond acceptors (Lipinski definition) is 5. The Bertz CT molecular complexity index is 1120. The van der Waals surface area contributed by atoms with Gasteiger partial charge in [0.1, 0.15) is 5.75 Å². The van der Waals surface area contributed by atoms with Gasteiger partial charge in [-0.25, -0.2) is 9.98 Å². The number of nitrogens with one attached hydrogen (secondary N) is 1. The second-order valence-electron chi connectivity index (χ2n) is 7.93. The van der Waals surface area contributed by atoms with E-state index in [0.29, 0.717) is 13.0 Å². The van der Waals surface area contributed by atoms with E-state index in [0.717, 1.165) is 35.2 Å². The first kappa shape index (κ1) is 18.4. The predicted molar refractivity (Wildman–Crippen MR) is 114 cm³/mol. The van der Waals surface area contributed by atoms with Crippen LogP contribution in [0.25, 0.3) is 11.1 Å². The lowest BCUT2D eigenvalue weighted by Crippen LogP contribution is -2.45. The van der Waals surface area contributed by atoms with Crippen molar-refractivity contribution in [3.8, 4) is 16.9 Å². The van der Waals surface area contributed by atoms with Crippen molar-refractivity contribution >= 4 is 11.9 Å². The summed E-state index contributed by atoms with van der Waals surface area (Å²) in [5.41, 5.74) is 8.91. The zero-order valence-corrected chi connectivity index (χ0v) is 16.5. The number of carbonyl (C=O) groups is 1. The smallest absolute Gasteiger partial charge is 0.262 e. The lowest BCUT2D eigenvalue weighted by atomic mass is 9.83. The Morgan fingerprint density at radius 1 is 1.17 bits per heavy atom. The molecule has 0 spiro atoms. The topological polar surface area (TPSA) is 108 Å². The summed E-state index contributed by atoms with van der Waals surface area (Å²) in [6.45, 7) is 0.455. The number of aromatic amines is 1. The fourth-order valence-corrected chi connectivity index (χ4v) is 4.28. The number of benzene rings is 2. The van der Waals surface area contributed by atoms with Crippen LogP contribution in [0.15, 0.2) is 66.0 Å². The van der Waals surface area contributed by atoms with Crippen molar-refractivity contribution in [2.24, 2.45) is 16.6 Å².